The Morgan fingerprint density at radius 2 is 2.00 bits per heavy atom. The average molecular weight is 273 g/mol. The number of nitrogens with zero attached hydrogens (tertiary/aromatic N) is 4. The van der Waals surface area contributed by atoms with Gasteiger partial charge in [0.05, 0.1) is 0 Å². The third-order valence-electron chi connectivity index (χ3n) is 3.11. The fourth-order valence-corrected chi connectivity index (χ4v) is 1.98. The van der Waals surface area contributed by atoms with Crippen LogP contribution in [0.3, 0.4) is 0 Å². The molecule has 0 aliphatic rings. The molecule has 0 saturated heterocycles. The molecule has 1 aromatic heterocycles. The van der Waals surface area contributed by atoms with Crippen LogP contribution < -0.4 is 16.5 Å². The Labute approximate surface area is 117 Å². The van der Waals surface area contributed by atoms with Crippen molar-refractivity contribution in [1.82, 2.24) is 14.5 Å². The maximum Gasteiger partial charge on any atom is 0.352 e. The molecule has 2 N–H and O–H groups in total. The first-order valence-electron chi connectivity index (χ1n) is 6.58. The number of hydrogen-bond donors (Lipinski definition) is 1. The third kappa shape index (κ3) is 2.70. The lowest BCUT2D eigenvalue weighted by Crippen LogP contribution is -2.36. The quantitative estimate of drug-likeness (QED) is 0.670. The van der Waals surface area contributed by atoms with Gasteiger partial charge >= 0.3 is 5.69 Å². The highest BCUT2D eigenvalue weighted by Gasteiger charge is 2.13. The van der Waals surface area contributed by atoms with Crippen molar-refractivity contribution in [2.45, 2.75) is 20.3 Å². The van der Waals surface area contributed by atoms with E-state index in [4.69, 9.17) is 5.84 Å². The molecule has 106 valence electrons. The van der Waals surface area contributed by atoms with Gasteiger partial charge in [0.25, 0.3) is 0 Å². The molecule has 0 saturated carbocycles. The predicted molar refractivity (Wildman–Crippen MR) is 79.3 cm³/mol. The first-order valence-corrected chi connectivity index (χ1v) is 6.58. The van der Waals surface area contributed by atoms with Gasteiger partial charge in [-0.25, -0.2) is 10.6 Å². The molecule has 6 heteroatoms. The van der Waals surface area contributed by atoms with E-state index < -0.39 is 0 Å². The first kappa shape index (κ1) is 14.2. The van der Waals surface area contributed by atoms with Crippen LogP contribution in [0.5, 0.6) is 0 Å². The van der Waals surface area contributed by atoms with Crippen molar-refractivity contribution in [3.05, 3.63) is 40.3 Å². The van der Waals surface area contributed by atoms with E-state index in [2.05, 4.69) is 9.97 Å². The molecule has 0 amide bonds. The molecule has 1 heterocycles. The van der Waals surface area contributed by atoms with Crippen LogP contribution in [0.1, 0.15) is 18.9 Å². The van der Waals surface area contributed by atoms with Gasteiger partial charge in [-0.3, -0.25) is 9.58 Å². The number of anilines is 1. The number of aryl methyl sites for hydroxylation is 1. The topological polar surface area (TPSA) is 77.0 Å². The van der Waals surface area contributed by atoms with Crippen molar-refractivity contribution in [3.63, 3.8) is 0 Å². The van der Waals surface area contributed by atoms with E-state index in [0.717, 1.165) is 17.5 Å². The van der Waals surface area contributed by atoms with Crippen LogP contribution >= 0.6 is 0 Å². The van der Waals surface area contributed by atoms with Crippen LogP contribution in [0.25, 0.3) is 11.4 Å². The third-order valence-corrected chi connectivity index (χ3v) is 3.11. The molecule has 0 fully saturated rings. The first-order chi connectivity index (χ1) is 9.54. The van der Waals surface area contributed by atoms with Gasteiger partial charge in [-0.2, -0.15) is 9.97 Å². The Bertz CT molecular complexity index is 665. The summed E-state index contributed by atoms with van der Waals surface area (Å²) in [5.41, 5.74) is 1.59. The van der Waals surface area contributed by atoms with Crippen molar-refractivity contribution in [2.75, 3.05) is 11.6 Å². The van der Waals surface area contributed by atoms with Gasteiger partial charge in [0.2, 0.25) is 5.95 Å². The second kappa shape index (κ2) is 5.83. The van der Waals surface area contributed by atoms with Crippen LogP contribution in [0.4, 0.5) is 5.95 Å². The molecule has 0 aliphatic heterocycles. The zero-order valence-electron chi connectivity index (χ0n) is 12.0. The van der Waals surface area contributed by atoms with E-state index in [0.29, 0.717) is 12.4 Å². The molecule has 0 spiro atoms. The van der Waals surface area contributed by atoms with Crippen molar-refractivity contribution >= 4 is 5.95 Å². The second-order valence-electron chi connectivity index (χ2n) is 4.70. The summed E-state index contributed by atoms with van der Waals surface area (Å²) in [5.74, 6) is 6.70. The van der Waals surface area contributed by atoms with Crippen LogP contribution in [-0.2, 0) is 7.05 Å². The summed E-state index contributed by atoms with van der Waals surface area (Å²) in [5, 5.41) is 1.41. The van der Waals surface area contributed by atoms with E-state index in [-0.39, 0.29) is 11.6 Å². The maximum atomic E-state index is 12.0. The molecule has 2 rings (SSSR count). The smallest absolute Gasteiger partial charge is 0.279 e. The number of rotatable bonds is 4. The summed E-state index contributed by atoms with van der Waals surface area (Å²) in [6.45, 7) is 4.58. The zero-order chi connectivity index (χ0) is 14.7. The number of benzene rings is 1. The summed E-state index contributed by atoms with van der Waals surface area (Å²) in [4.78, 5) is 20.3. The van der Waals surface area contributed by atoms with Crippen molar-refractivity contribution in [2.24, 2.45) is 12.9 Å². The Balaban J connectivity index is 2.59. The molecule has 0 radical (unpaired) electrons. The molecule has 1 aromatic carbocycles. The van der Waals surface area contributed by atoms with Gasteiger partial charge in [0.1, 0.15) is 5.82 Å². The SMILES string of the molecule is CCCN(N)c1nc(-c2ccccc2C)n(C)c(=O)n1. The van der Waals surface area contributed by atoms with E-state index in [1.54, 1.807) is 7.05 Å². The lowest BCUT2D eigenvalue weighted by molar-refractivity contribution is 0.725. The summed E-state index contributed by atoms with van der Waals surface area (Å²) in [6.07, 6.45) is 0.856. The number of aromatic nitrogens is 3. The minimum Gasteiger partial charge on any atom is -0.279 e. The highest BCUT2D eigenvalue weighted by atomic mass is 16.1. The molecule has 0 aliphatic carbocycles. The van der Waals surface area contributed by atoms with Gasteiger partial charge in [0, 0.05) is 19.2 Å². The normalized spacial score (nSPS) is 10.6. The standard InChI is InChI=1S/C14H19N5O/c1-4-9-19(15)13-16-12(18(3)14(20)17-13)11-8-6-5-7-10(11)2/h5-8H,4,9,15H2,1-3H3. The molecule has 6 nitrogen and oxygen atoms in total. The second-order valence-corrected chi connectivity index (χ2v) is 4.70. The van der Waals surface area contributed by atoms with Crippen molar-refractivity contribution in [1.29, 1.82) is 0 Å². The lowest BCUT2D eigenvalue weighted by atomic mass is 10.1. The predicted octanol–water partition coefficient (Wildman–Crippen LogP) is 1.24. The van der Waals surface area contributed by atoms with Gasteiger partial charge in [-0.1, -0.05) is 31.2 Å². The molecule has 20 heavy (non-hydrogen) atoms. The molecule has 0 bridgehead atoms. The summed E-state index contributed by atoms with van der Waals surface area (Å²) in [7, 11) is 1.66. The highest BCUT2D eigenvalue weighted by Crippen LogP contribution is 2.20. The fourth-order valence-electron chi connectivity index (χ4n) is 1.98. The van der Waals surface area contributed by atoms with E-state index in [1.807, 2.05) is 38.1 Å². The average Bonchev–Trinajstić information content (AvgIpc) is 2.43. The van der Waals surface area contributed by atoms with E-state index >= 15 is 0 Å². The van der Waals surface area contributed by atoms with Crippen LogP contribution in [0.2, 0.25) is 0 Å². The van der Waals surface area contributed by atoms with Crippen LogP contribution in [0.15, 0.2) is 29.1 Å². The number of hydrazine groups is 1. The monoisotopic (exact) mass is 273 g/mol. The lowest BCUT2D eigenvalue weighted by Gasteiger charge is -2.17. The Morgan fingerprint density at radius 1 is 1.30 bits per heavy atom. The highest BCUT2D eigenvalue weighted by molar-refractivity contribution is 5.61. The Kier molecular flexibility index (Phi) is 4.14. The minimum absolute atomic E-state index is 0.258. The van der Waals surface area contributed by atoms with Gasteiger partial charge in [-0.15, -0.1) is 0 Å². The number of nitrogens with two attached hydrogens (primary N) is 1. The molecule has 0 unspecified atom stereocenters. The largest absolute Gasteiger partial charge is 0.352 e. The van der Waals surface area contributed by atoms with Crippen LogP contribution in [0, 0.1) is 6.92 Å². The van der Waals surface area contributed by atoms with Gasteiger partial charge < -0.3 is 0 Å². The van der Waals surface area contributed by atoms with Gasteiger partial charge in [-0.05, 0) is 18.9 Å². The molecular weight excluding hydrogens is 254 g/mol. The zero-order valence-corrected chi connectivity index (χ0v) is 12.0. The van der Waals surface area contributed by atoms with E-state index in [9.17, 15) is 4.79 Å². The van der Waals surface area contributed by atoms with Gasteiger partial charge in [0.15, 0.2) is 0 Å². The summed E-state index contributed by atoms with van der Waals surface area (Å²) >= 11 is 0. The maximum absolute atomic E-state index is 12.0. The van der Waals surface area contributed by atoms with Crippen molar-refractivity contribution in [3.8, 4) is 11.4 Å². The minimum atomic E-state index is -0.361. The molecule has 0 atom stereocenters. The Morgan fingerprint density at radius 3 is 2.65 bits per heavy atom. The van der Waals surface area contributed by atoms with E-state index in [1.165, 1.54) is 9.58 Å². The summed E-state index contributed by atoms with van der Waals surface area (Å²) in [6, 6.07) is 7.78. The van der Waals surface area contributed by atoms with Crippen molar-refractivity contribution < 1.29 is 0 Å². The summed E-state index contributed by atoms with van der Waals surface area (Å²) < 4.78 is 1.44. The molecule has 2 aromatic rings. The van der Waals surface area contributed by atoms with Crippen LogP contribution in [-0.4, -0.2) is 21.1 Å². The Hall–Kier alpha value is -2.21. The number of hydrogen-bond acceptors (Lipinski definition) is 5. The molecular formula is C14H19N5O. The fraction of sp³-hybridized carbons (Fsp3) is 0.357.